The molecule has 1 amide bonds. The third kappa shape index (κ3) is 4.32. The van der Waals surface area contributed by atoms with Crippen LogP contribution in [-0.4, -0.2) is 21.4 Å². The molecule has 2 aromatic carbocycles. The first-order chi connectivity index (χ1) is 13.3. The number of hydrogen-bond acceptors (Lipinski definition) is 5. The zero-order valence-corrected chi connectivity index (χ0v) is 16.7. The molecular weight excluding hydrogens is 403 g/mol. The van der Waals surface area contributed by atoms with Crippen molar-refractivity contribution in [2.45, 2.75) is 11.8 Å². The molecule has 2 N–H and O–H groups in total. The number of rotatable bonds is 6. The molecule has 0 spiro atoms. The van der Waals surface area contributed by atoms with Crippen molar-refractivity contribution in [1.82, 2.24) is 0 Å². The number of sulfonamides is 1. The van der Waals surface area contributed by atoms with Crippen LogP contribution in [0.15, 0.2) is 58.8 Å². The maximum atomic E-state index is 13.1. The Hall–Kier alpha value is -2.91. The molecule has 0 atom stereocenters. The lowest BCUT2D eigenvalue weighted by Crippen LogP contribution is -2.15. The van der Waals surface area contributed by atoms with Gasteiger partial charge in [-0.15, -0.1) is 11.3 Å². The second kappa shape index (κ2) is 7.99. The monoisotopic (exact) mass is 420 g/mol. The summed E-state index contributed by atoms with van der Waals surface area (Å²) in [5.41, 5.74) is 1.40. The highest BCUT2D eigenvalue weighted by atomic mass is 32.2. The molecule has 146 valence electrons. The summed E-state index contributed by atoms with van der Waals surface area (Å²) < 4.78 is 45.8. The Morgan fingerprint density at radius 3 is 2.43 bits per heavy atom. The minimum atomic E-state index is -3.97. The fraction of sp³-hybridized carbons (Fsp3) is 0.105. The highest BCUT2D eigenvalue weighted by Crippen LogP contribution is 2.30. The minimum absolute atomic E-state index is 0.0976. The number of methoxy groups -OCH3 is 1. The zero-order chi connectivity index (χ0) is 20.3. The van der Waals surface area contributed by atoms with E-state index in [0.717, 1.165) is 29.8 Å². The summed E-state index contributed by atoms with van der Waals surface area (Å²) >= 11 is 1.32. The number of benzene rings is 2. The summed E-state index contributed by atoms with van der Waals surface area (Å²) in [6, 6.07) is 10.9. The molecule has 0 unspecified atom stereocenters. The lowest BCUT2D eigenvalue weighted by atomic mass is 10.2. The second-order valence-corrected chi connectivity index (χ2v) is 8.46. The average Bonchev–Trinajstić information content (AvgIpc) is 3.08. The van der Waals surface area contributed by atoms with Crippen LogP contribution in [0.25, 0.3) is 0 Å². The van der Waals surface area contributed by atoms with Gasteiger partial charge in [-0.1, -0.05) is 0 Å². The number of amides is 1. The number of thiophene rings is 1. The molecule has 0 fully saturated rings. The fourth-order valence-electron chi connectivity index (χ4n) is 2.48. The summed E-state index contributed by atoms with van der Waals surface area (Å²) in [6.07, 6.45) is 0. The van der Waals surface area contributed by atoms with Crippen LogP contribution in [0.2, 0.25) is 0 Å². The van der Waals surface area contributed by atoms with Crippen LogP contribution in [-0.2, 0) is 10.0 Å². The van der Waals surface area contributed by atoms with Gasteiger partial charge in [-0.05, 0) is 66.4 Å². The number of nitrogens with one attached hydrogen (secondary N) is 2. The van der Waals surface area contributed by atoms with E-state index in [1.807, 2.05) is 18.4 Å². The quantitative estimate of drug-likeness (QED) is 0.624. The molecular formula is C19H17FN2O4S2. The van der Waals surface area contributed by atoms with Crippen LogP contribution in [0.4, 0.5) is 15.8 Å². The van der Waals surface area contributed by atoms with Gasteiger partial charge in [-0.2, -0.15) is 0 Å². The number of carbonyl (C=O) groups is 1. The lowest BCUT2D eigenvalue weighted by molar-refractivity contribution is 0.103. The Bertz CT molecular complexity index is 1110. The van der Waals surface area contributed by atoms with Crippen LogP contribution in [0.5, 0.6) is 5.75 Å². The molecule has 0 bridgehead atoms. The summed E-state index contributed by atoms with van der Waals surface area (Å²) in [7, 11) is -2.56. The summed E-state index contributed by atoms with van der Waals surface area (Å²) in [5, 5.41) is 4.56. The van der Waals surface area contributed by atoms with Gasteiger partial charge in [0.1, 0.15) is 11.6 Å². The first kappa shape index (κ1) is 19.8. The topological polar surface area (TPSA) is 84.5 Å². The molecule has 3 rings (SSSR count). The Morgan fingerprint density at radius 1 is 1.11 bits per heavy atom. The number of halogens is 1. The normalized spacial score (nSPS) is 11.1. The largest absolute Gasteiger partial charge is 0.495 e. The van der Waals surface area contributed by atoms with Crippen LogP contribution in [0.3, 0.4) is 0 Å². The zero-order valence-electron chi connectivity index (χ0n) is 15.0. The number of aryl methyl sites for hydroxylation is 1. The first-order valence-corrected chi connectivity index (χ1v) is 10.5. The van der Waals surface area contributed by atoms with E-state index in [1.54, 1.807) is 12.1 Å². The maximum Gasteiger partial charge on any atom is 0.265 e. The molecule has 0 saturated carbocycles. The van der Waals surface area contributed by atoms with Crippen molar-refractivity contribution < 1.29 is 22.3 Å². The van der Waals surface area contributed by atoms with E-state index in [9.17, 15) is 17.6 Å². The lowest BCUT2D eigenvalue weighted by Gasteiger charge is -2.14. The maximum absolute atomic E-state index is 13.1. The van der Waals surface area contributed by atoms with Gasteiger partial charge in [0, 0.05) is 5.69 Å². The molecule has 0 radical (unpaired) electrons. The smallest absolute Gasteiger partial charge is 0.265 e. The minimum Gasteiger partial charge on any atom is -0.495 e. The van der Waals surface area contributed by atoms with E-state index in [1.165, 1.54) is 24.5 Å². The highest BCUT2D eigenvalue weighted by molar-refractivity contribution is 7.92. The van der Waals surface area contributed by atoms with Crippen molar-refractivity contribution in [2.75, 3.05) is 17.1 Å². The number of ether oxygens (including phenoxy) is 1. The third-order valence-electron chi connectivity index (χ3n) is 3.89. The van der Waals surface area contributed by atoms with Crippen molar-refractivity contribution in [3.8, 4) is 5.75 Å². The standard InChI is InChI=1S/C19H17FN2O4S2/c1-12-9-10-27-18(12)19(23)21-14-5-8-17(26-2)16(11-14)22-28(24,25)15-6-3-13(20)4-7-15/h3-11,22H,1-2H3,(H,21,23). The van der Waals surface area contributed by atoms with Crippen molar-refractivity contribution >= 4 is 38.6 Å². The molecule has 1 heterocycles. The average molecular weight is 420 g/mol. The Labute approximate surface area is 166 Å². The predicted molar refractivity (Wildman–Crippen MR) is 107 cm³/mol. The van der Waals surface area contributed by atoms with Gasteiger partial charge in [0.15, 0.2) is 0 Å². The molecule has 1 aromatic heterocycles. The van der Waals surface area contributed by atoms with Crippen LogP contribution in [0.1, 0.15) is 15.2 Å². The number of carbonyl (C=O) groups excluding carboxylic acids is 1. The summed E-state index contributed by atoms with van der Waals surface area (Å²) in [6.45, 7) is 1.84. The molecule has 0 aliphatic rings. The molecule has 0 aliphatic carbocycles. The van der Waals surface area contributed by atoms with Gasteiger partial charge in [0.25, 0.3) is 15.9 Å². The second-order valence-electron chi connectivity index (χ2n) is 5.86. The highest BCUT2D eigenvalue weighted by Gasteiger charge is 2.18. The van der Waals surface area contributed by atoms with Gasteiger partial charge in [0.05, 0.1) is 22.6 Å². The van der Waals surface area contributed by atoms with Gasteiger partial charge < -0.3 is 10.1 Å². The van der Waals surface area contributed by atoms with Gasteiger partial charge >= 0.3 is 0 Å². The Balaban J connectivity index is 1.88. The van der Waals surface area contributed by atoms with Crippen LogP contribution in [0, 0.1) is 12.7 Å². The van der Waals surface area contributed by atoms with Crippen LogP contribution < -0.4 is 14.8 Å². The Morgan fingerprint density at radius 2 is 1.82 bits per heavy atom. The van der Waals surface area contributed by atoms with Crippen molar-refractivity contribution in [3.63, 3.8) is 0 Å². The fourth-order valence-corrected chi connectivity index (χ4v) is 4.36. The molecule has 6 nitrogen and oxygen atoms in total. The SMILES string of the molecule is COc1ccc(NC(=O)c2sccc2C)cc1NS(=O)(=O)c1ccc(F)cc1. The van der Waals surface area contributed by atoms with Gasteiger partial charge in [0.2, 0.25) is 0 Å². The first-order valence-electron chi connectivity index (χ1n) is 8.12. The summed E-state index contributed by atoms with van der Waals surface area (Å²) in [4.78, 5) is 12.9. The van der Waals surface area contributed by atoms with Gasteiger partial charge in [-0.25, -0.2) is 12.8 Å². The van der Waals surface area contributed by atoms with Crippen molar-refractivity contribution in [1.29, 1.82) is 0 Å². The van der Waals surface area contributed by atoms with Crippen molar-refractivity contribution in [2.24, 2.45) is 0 Å². The molecule has 0 saturated heterocycles. The van der Waals surface area contributed by atoms with Crippen LogP contribution >= 0.6 is 11.3 Å². The molecule has 0 aliphatic heterocycles. The number of hydrogen-bond donors (Lipinski definition) is 2. The third-order valence-corrected chi connectivity index (χ3v) is 6.29. The molecule has 3 aromatic rings. The molecule has 28 heavy (non-hydrogen) atoms. The van der Waals surface area contributed by atoms with E-state index in [0.29, 0.717) is 10.6 Å². The van der Waals surface area contributed by atoms with E-state index in [-0.39, 0.29) is 22.2 Å². The van der Waals surface area contributed by atoms with E-state index < -0.39 is 15.8 Å². The summed E-state index contributed by atoms with van der Waals surface area (Å²) in [5.74, 6) is -0.550. The molecule has 9 heteroatoms. The van der Waals surface area contributed by atoms with Crippen molar-refractivity contribution in [3.05, 3.63) is 70.2 Å². The van der Waals surface area contributed by atoms with E-state index >= 15 is 0 Å². The Kier molecular flexibility index (Phi) is 5.66. The van der Waals surface area contributed by atoms with E-state index in [2.05, 4.69) is 10.0 Å². The number of anilines is 2. The van der Waals surface area contributed by atoms with Gasteiger partial charge in [-0.3, -0.25) is 9.52 Å². The predicted octanol–water partition coefficient (Wildman–Crippen LogP) is 4.26. The van der Waals surface area contributed by atoms with E-state index in [4.69, 9.17) is 4.74 Å².